The van der Waals surface area contributed by atoms with Crippen molar-refractivity contribution >= 4 is 17.3 Å². The number of aromatic hydroxyl groups is 2. The van der Waals surface area contributed by atoms with Gasteiger partial charge < -0.3 is 49.2 Å². The second-order valence-corrected chi connectivity index (χ2v) is 13.2. The average Bonchev–Trinajstić information content (AvgIpc) is 3.01. The number of benzene rings is 2. The van der Waals surface area contributed by atoms with E-state index in [1.807, 2.05) is 0 Å². The lowest BCUT2D eigenvalue weighted by molar-refractivity contribution is -0.304. The molecule has 6 rings (SSSR count). The first-order valence-electron chi connectivity index (χ1n) is 16.0. The monoisotopic (exact) mass is 671 g/mol. The van der Waals surface area contributed by atoms with Gasteiger partial charge in [0.25, 0.3) is 0 Å². The SMILES string of the molecule is COc1cccc2c1C(=O)c1c(O)c3c(c(O)c1C2=O)C[C@@](O)(C(C)=O)C[C@@H]3O[C@H]1C[C@@H]2NC(O)[C@H](C)OC(C[C@H](C)O)O[C@@H]2[C@H](C)O1. The number of methoxy groups -OCH3 is 1. The van der Waals surface area contributed by atoms with Gasteiger partial charge in [-0.15, -0.1) is 0 Å². The van der Waals surface area contributed by atoms with Gasteiger partial charge in [0.1, 0.15) is 35.2 Å². The van der Waals surface area contributed by atoms with Crippen molar-refractivity contribution in [3.05, 3.63) is 51.6 Å². The van der Waals surface area contributed by atoms with Crippen LogP contribution in [-0.2, 0) is 30.2 Å². The molecule has 2 aromatic rings. The van der Waals surface area contributed by atoms with Crippen molar-refractivity contribution in [2.45, 2.75) is 114 Å². The molecule has 10 atom stereocenters. The van der Waals surface area contributed by atoms with Crippen LogP contribution in [0.5, 0.6) is 17.2 Å². The Balaban J connectivity index is 1.39. The van der Waals surface area contributed by atoms with Crippen molar-refractivity contribution < 1.29 is 63.6 Å². The van der Waals surface area contributed by atoms with Crippen molar-refractivity contribution in [1.29, 1.82) is 0 Å². The standard InChI is InChI=1S/C34H41NO13/c1-13(36)9-22-46-15(3)33(42)35-19-10-23(45-14(2)32(19)48-22)47-21-12-34(43,16(4)37)11-18-25(21)31(41)27-26(29(18)39)28(38)17-7-6-8-20(44-5)24(17)30(27)40/h6-8,13-15,19,21-23,32-33,35-36,39,41-43H,9-12H2,1-5H3/t13-,14-,15-,19-,21-,22?,23-,32+,33?,34-/m0/s1. The number of phenols is 2. The summed E-state index contributed by atoms with van der Waals surface area (Å²) in [6.45, 7) is 6.16. The first-order valence-corrected chi connectivity index (χ1v) is 16.0. The highest BCUT2D eigenvalue weighted by molar-refractivity contribution is 6.31. The number of rotatable bonds is 6. The fraction of sp³-hybridized carbons (Fsp3) is 0.559. The third kappa shape index (κ3) is 5.79. The van der Waals surface area contributed by atoms with E-state index in [2.05, 4.69) is 5.32 Å². The van der Waals surface area contributed by atoms with Crippen molar-refractivity contribution in [2.24, 2.45) is 0 Å². The zero-order chi connectivity index (χ0) is 34.8. The van der Waals surface area contributed by atoms with Crippen LogP contribution < -0.4 is 10.1 Å². The normalized spacial score (nSPS) is 33.8. The molecule has 2 saturated heterocycles. The van der Waals surface area contributed by atoms with Crippen LogP contribution in [0.4, 0.5) is 0 Å². The van der Waals surface area contributed by atoms with E-state index in [4.69, 9.17) is 23.7 Å². The molecular weight excluding hydrogens is 630 g/mol. The number of carbonyl (C=O) groups is 3. The highest BCUT2D eigenvalue weighted by Crippen LogP contribution is 2.52. The van der Waals surface area contributed by atoms with E-state index in [9.17, 15) is 39.9 Å². The number of fused-ring (bicyclic) bond motifs is 4. The summed E-state index contributed by atoms with van der Waals surface area (Å²) in [4.78, 5) is 40.4. The molecule has 4 aliphatic rings. The molecule has 2 aliphatic carbocycles. The molecule has 2 heterocycles. The van der Waals surface area contributed by atoms with Gasteiger partial charge in [-0.3, -0.25) is 19.7 Å². The largest absolute Gasteiger partial charge is 0.507 e. The first kappa shape index (κ1) is 34.4. The van der Waals surface area contributed by atoms with E-state index in [-0.39, 0.29) is 47.3 Å². The molecule has 48 heavy (non-hydrogen) atoms. The van der Waals surface area contributed by atoms with E-state index >= 15 is 0 Å². The summed E-state index contributed by atoms with van der Waals surface area (Å²) >= 11 is 0. The van der Waals surface area contributed by atoms with Gasteiger partial charge in [0.15, 0.2) is 24.1 Å². The molecule has 2 aliphatic heterocycles. The van der Waals surface area contributed by atoms with Crippen LogP contribution in [0.15, 0.2) is 18.2 Å². The Morgan fingerprint density at radius 3 is 2.44 bits per heavy atom. The number of phenolic OH excluding ortho intramolecular Hbond substituents is 2. The Bertz CT molecular complexity index is 1640. The first-order chi connectivity index (χ1) is 22.6. The summed E-state index contributed by atoms with van der Waals surface area (Å²) in [5.41, 5.74) is -3.21. The Labute approximate surface area is 276 Å². The lowest BCUT2D eigenvalue weighted by Gasteiger charge is -2.46. The van der Waals surface area contributed by atoms with Crippen molar-refractivity contribution in [3.8, 4) is 17.2 Å². The lowest BCUT2D eigenvalue weighted by Crippen LogP contribution is -2.62. The molecule has 0 amide bonds. The molecule has 2 aromatic carbocycles. The number of carbonyl (C=O) groups excluding carboxylic acids is 3. The summed E-state index contributed by atoms with van der Waals surface area (Å²) in [7, 11) is 1.34. The van der Waals surface area contributed by atoms with Gasteiger partial charge >= 0.3 is 0 Å². The third-order valence-electron chi connectivity index (χ3n) is 9.76. The summed E-state index contributed by atoms with van der Waals surface area (Å²) in [5.74, 6) is -3.29. The molecule has 0 radical (unpaired) electrons. The van der Waals surface area contributed by atoms with Crippen LogP contribution in [0.3, 0.4) is 0 Å². The number of ketones is 3. The summed E-state index contributed by atoms with van der Waals surface area (Å²) in [5, 5.41) is 58.7. The van der Waals surface area contributed by atoms with Crippen LogP contribution in [-0.4, -0.2) is 105 Å². The summed E-state index contributed by atoms with van der Waals surface area (Å²) < 4.78 is 29.9. The minimum absolute atomic E-state index is 0.0300. The number of nitrogens with one attached hydrogen (secondary N) is 1. The Hall–Kier alpha value is -3.47. The maximum Gasteiger partial charge on any atom is 0.202 e. The smallest absolute Gasteiger partial charge is 0.202 e. The van der Waals surface area contributed by atoms with Crippen LogP contribution in [0.1, 0.15) is 96.0 Å². The number of aliphatic hydroxyl groups is 3. The second-order valence-electron chi connectivity index (χ2n) is 13.2. The molecule has 0 spiro atoms. The van der Waals surface area contributed by atoms with Crippen molar-refractivity contribution in [3.63, 3.8) is 0 Å². The predicted octanol–water partition coefficient (Wildman–Crippen LogP) is 1.52. The fourth-order valence-electron chi connectivity index (χ4n) is 7.25. The molecular formula is C34H41NO13. The topological polar surface area (TPSA) is 211 Å². The van der Waals surface area contributed by atoms with Gasteiger partial charge in [0.2, 0.25) is 5.78 Å². The van der Waals surface area contributed by atoms with E-state index < -0.39 is 107 Å². The van der Waals surface area contributed by atoms with Crippen LogP contribution in [0.2, 0.25) is 0 Å². The minimum atomic E-state index is -2.06. The van der Waals surface area contributed by atoms with Gasteiger partial charge in [-0.25, -0.2) is 0 Å². The van der Waals surface area contributed by atoms with Gasteiger partial charge in [-0.05, 0) is 33.8 Å². The number of hydrogen-bond donors (Lipinski definition) is 6. The second kappa shape index (κ2) is 12.8. The molecule has 0 saturated carbocycles. The summed E-state index contributed by atoms with van der Waals surface area (Å²) in [6.07, 6.45) is -7.61. The molecule has 0 aromatic heterocycles. The number of Topliss-reactive ketones (excluding diaryl/α,β-unsaturated/α-hetero) is 1. The Morgan fingerprint density at radius 2 is 1.77 bits per heavy atom. The quantitative estimate of drug-likeness (QED) is 0.205. The highest BCUT2D eigenvalue weighted by Gasteiger charge is 2.50. The van der Waals surface area contributed by atoms with Crippen molar-refractivity contribution in [2.75, 3.05) is 7.11 Å². The molecule has 0 bridgehead atoms. The molecule has 2 fully saturated rings. The van der Waals surface area contributed by atoms with Gasteiger partial charge in [-0.2, -0.15) is 0 Å². The third-order valence-corrected chi connectivity index (χ3v) is 9.76. The number of ether oxygens (including phenoxy) is 5. The van der Waals surface area contributed by atoms with Crippen molar-refractivity contribution in [1.82, 2.24) is 5.32 Å². The average molecular weight is 672 g/mol. The van der Waals surface area contributed by atoms with E-state index in [1.165, 1.54) is 32.2 Å². The zero-order valence-corrected chi connectivity index (χ0v) is 27.3. The Morgan fingerprint density at radius 1 is 1.06 bits per heavy atom. The Kier molecular flexibility index (Phi) is 9.15. The molecule has 2 unspecified atom stereocenters. The van der Waals surface area contributed by atoms with E-state index in [1.54, 1.807) is 20.8 Å². The molecule has 6 N–H and O–H groups in total. The van der Waals surface area contributed by atoms with Crippen LogP contribution >= 0.6 is 0 Å². The maximum absolute atomic E-state index is 13.9. The number of aliphatic hydroxyl groups excluding tert-OH is 2. The van der Waals surface area contributed by atoms with E-state index in [0.29, 0.717) is 0 Å². The van der Waals surface area contributed by atoms with E-state index in [0.717, 1.165) is 0 Å². The fourth-order valence-corrected chi connectivity index (χ4v) is 7.25. The summed E-state index contributed by atoms with van der Waals surface area (Å²) in [6, 6.07) is 3.88. The number of hydrogen-bond acceptors (Lipinski definition) is 14. The molecule has 14 heteroatoms. The predicted molar refractivity (Wildman–Crippen MR) is 165 cm³/mol. The van der Waals surface area contributed by atoms with Gasteiger partial charge in [0, 0.05) is 48.4 Å². The van der Waals surface area contributed by atoms with Gasteiger partial charge in [-0.1, -0.05) is 12.1 Å². The van der Waals surface area contributed by atoms with Crippen LogP contribution in [0, 0.1) is 0 Å². The zero-order valence-electron chi connectivity index (χ0n) is 27.3. The molecule has 260 valence electrons. The lowest BCUT2D eigenvalue weighted by atomic mass is 9.72. The minimum Gasteiger partial charge on any atom is -0.507 e. The maximum atomic E-state index is 13.9. The molecule has 14 nitrogen and oxygen atoms in total. The van der Waals surface area contributed by atoms with Crippen LogP contribution in [0.25, 0.3) is 0 Å². The van der Waals surface area contributed by atoms with Gasteiger partial charge in [0.05, 0.1) is 48.2 Å². The highest BCUT2D eigenvalue weighted by atomic mass is 16.7.